The van der Waals surface area contributed by atoms with Gasteiger partial charge in [0.2, 0.25) is 0 Å². The van der Waals surface area contributed by atoms with Crippen LogP contribution in [0.3, 0.4) is 0 Å². The molecule has 152 valence electrons. The Morgan fingerprint density at radius 3 is 2.90 bits per heavy atom. The van der Waals surface area contributed by atoms with Gasteiger partial charge < -0.3 is 0 Å². The van der Waals surface area contributed by atoms with Crippen molar-refractivity contribution in [1.82, 2.24) is 24.5 Å². The highest BCUT2D eigenvalue weighted by Crippen LogP contribution is 2.30. The number of likely N-dealkylation sites (tertiary alicyclic amines) is 1. The van der Waals surface area contributed by atoms with Crippen LogP contribution in [0, 0.1) is 6.92 Å². The van der Waals surface area contributed by atoms with Crippen LogP contribution in [0.2, 0.25) is 5.02 Å². The summed E-state index contributed by atoms with van der Waals surface area (Å²) in [6.45, 7) is 5.07. The van der Waals surface area contributed by atoms with Gasteiger partial charge in [0, 0.05) is 35.3 Å². The molecule has 2 aromatic heterocycles. The Balaban J connectivity index is 1.37. The molecule has 6 heteroatoms. The highest BCUT2D eigenvalue weighted by molar-refractivity contribution is 6.33. The second-order valence-electron chi connectivity index (χ2n) is 8.05. The largest absolute Gasteiger partial charge is 0.298 e. The molecule has 1 atom stereocenters. The zero-order valence-electron chi connectivity index (χ0n) is 17.0. The summed E-state index contributed by atoms with van der Waals surface area (Å²) < 4.78 is 1.90. The van der Waals surface area contributed by atoms with Crippen molar-refractivity contribution < 1.29 is 0 Å². The van der Waals surface area contributed by atoms with E-state index in [1.54, 1.807) is 6.33 Å². The summed E-state index contributed by atoms with van der Waals surface area (Å²) in [5.41, 5.74) is 5.77. The molecule has 0 radical (unpaired) electrons. The molecule has 1 unspecified atom stereocenters. The number of fused-ring (bicyclic) bond motifs is 1. The maximum absolute atomic E-state index is 6.41. The first-order chi connectivity index (χ1) is 14.7. The lowest BCUT2D eigenvalue weighted by molar-refractivity contribution is 0.197. The highest BCUT2D eigenvalue weighted by atomic mass is 35.5. The Morgan fingerprint density at radius 2 is 2.00 bits per heavy atom. The van der Waals surface area contributed by atoms with Crippen LogP contribution < -0.4 is 0 Å². The van der Waals surface area contributed by atoms with Gasteiger partial charge in [0.15, 0.2) is 0 Å². The van der Waals surface area contributed by atoms with E-state index in [9.17, 15) is 0 Å². The minimum atomic E-state index is 0.427. The lowest BCUT2D eigenvalue weighted by Crippen LogP contribution is -2.34. The topological polar surface area (TPSA) is 46.3 Å². The van der Waals surface area contributed by atoms with E-state index in [4.69, 9.17) is 11.6 Å². The number of halogens is 1. The third kappa shape index (κ3) is 3.83. The van der Waals surface area contributed by atoms with Crippen LogP contribution in [0.25, 0.3) is 16.9 Å². The number of benzene rings is 2. The van der Waals surface area contributed by atoms with Gasteiger partial charge >= 0.3 is 0 Å². The Labute approximate surface area is 181 Å². The molecule has 0 aliphatic carbocycles. The number of hydrogen-bond donors (Lipinski definition) is 0. The van der Waals surface area contributed by atoms with Crippen LogP contribution in [0.5, 0.6) is 0 Å². The summed E-state index contributed by atoms with van der Waals surface area (Å²) in [6, 6.07) is 18.9. The van der Waals surface area contributed by atoms with Gasteiger partial charge in [-0.2, -0.15) is 10.1 Å². The first-order valence-corrected chi connectivity index (χ1v) is 10.8. The standard InChI is InChI=1S/C24H24ClN5/c1-17-12-23(30-24(28-17)26-16-27-30)20-8-5-11-29(15-20)14-18-6-4-7-19(13-18)21-9-2-3-10-22(21)25/h2-4,6-7,9-10,12-13,16,20H,5,8,11,14-15H2,1H3. The van der Waals surface area contributed by atoms with Crippen molar-refractivity contribution in [1.29, 1.82) is 0 Å². The van der Waals surface area contributed by atoms with E-state index >= 15 is 0 Å². The van der Waals surface area contributed by atoms with Crippen molar-refractivity contribution in [3.8, 4) is 11.1 Å². The minimum Gasteiger partial charge on any atom is -0.298 e. The second kappa shape index (κ2) is 8.17. The Bertz CT molecular complexity index is 1190. The van der Waals surface area contributed by atoms with Gasteiger partial charge in [-0.3, -0.25) is 4.90 Å². The smallest absolute Gasteiger partial charge is 0.252 e. The molecular formula is C24H24ClN5. The maximum atomic E-state index is 6.41. The normalized spacial score (nSPS) is 17.5. The molecule has 4 aromatic rings. The highest BCUT2D eigenvalue weighted by Gasteiger charge is 2.24. The van der Waals surface area contributed by atoms with Crippen LogP contribution >= 0.6 is 11.6 Å². The fraction of sp³-hybridized carbons (Fsp3) is 0.292. The zero-order chi connectivity index (χ0) is 20.5. The van der Waals surface area contributed by atoms with Crippen molar-refractivity contribution in [2.24, 2.45) is 0 Å². The summed E-state index contributed by atoms with van der Waals surface area (Å²) in [6.07, 6.45) is 3.92. The average molecular weight is 418 g/mol. The van der Waals surface area contributed by atoms with Crippen molar-refractivity contribution in [3.63, 3.8) is 0 Å². The fourth-order valence-electron chi connectivity index (χ4n) is 4.48. The predicted molar refractivity (Wildman–Crippen MR) is 120 cm³/mol. The number of aryl methyl sites for hydroxylation is 1. The van der Waals surface area contributed by atoms with Crippen LogP contribution in [0.15, 0.2) is 60.9 Å². The molecule has 0 amide bonds. The second-order valence-corrected chi connectivity index (χ2v) is 8.46. The van der Waals surface area contributed by atoms with Gasteiger partial charge in [0.05, 0.1) is 5.69 Å². The molecule has 1 saturated heterocycles. The van der Waals surface area contributed by atoms with Gasteiger partial charge in [-0.25, -0.2) is 9.50 Å². The van der Waals surface area contributed by atoms with Crippen molar-refractivity contribution in [2.75, 3.05) is 13.1 Å². The molecule has 0 N–H and O–H groups in total. The quantitative estimate of drug-likeness (QED) is 0.461. The summed E-state index contributed by atoms with van der Waals surface area (Å²) in [7, 11) is 0. The fourth-order valence-corrected chi connectivity index (χ4v) is 4.73. The molecule has 5 nitrogen and oxygen atoms in total. The molecule has 0 spiro atoms. The molecule has 1 aliphatic rings. The molecule has 0 bridgehead atoms. The SMILES string of the molecule is Cc1cc(C2CCCN(Cc3cccc(-c4ccccc4Cl)c3)C2)n2ncnc2n1. The summed E-state index contributed by atoms with van der Waals surface area (Å²) >= 11 is 6.41. The zero-order valence-corrected chi connectivity index (χ0v) is 17.8. The molecule has 5 rings (SSSR count). The molecule has 0 saturated carbocycles. The van der Waals surface area contributed by atoms with Gasteiger partial charge in [0.25, 0.3) is 5.78 Å². The van der Waals surface area contributed by atoms with Gasteiger partial charge in [0.1, 0.15) is 6.33 Å². The van der Waals surface area contributed by atoms with Crippen LogP contribution in [-0.4, -0.2) is 37.6 Å². The lowest BCUT2D eigenvalue weighted by Gasteiger charge is -2.33. The number of rotatable bonds is 4. The van der Waals surface area contributed by atoms with Crippen molar-refractivity contribution >= 4 is 17.4 Å². The van der Waals surface area contributed by atoms with E-state index in [-0.39, 0.29) is 0 Å². The van der Waals surface area contributed by atoms with Crippen LogP contribution in [0.4, 0.5) is 0 Å². The average Bonchev–Trinajstić information content (AvgIpc) is 3.22. The van der Waals surface area contributed by atoms with Gasteiger partial charge in [-0.15, -0.1) is 0 Å². The molecule has 1 aliphatic heterocycles. The Hall–Kier alpha value is -2.76. The number of piperidine rings is 1. The van der Waals surface area contributed by atoms with Crippen molar-refractivity contribution in [3.05, 3.63) is 82.9 Å². The number of hydrogen-bond acceptors (Lipinski definition) is 4. The molecule has 1 fully saturated rings. The monoisotopic (exact) mass is 417 g/mol. The van der Waals surface area contributed by atoms with E-state index in [1.807, 2.05) is 29.6 Å². The molecule has 2 aromatic carbocycles. The third-order valence-electron chi connectivity index (χ3n) is 5.85. The molecule has 3 heterocycles. The third-order valence-corrected chi connectivity index (χ3v) is 6.18. The minimum absolute atomic E-state index is 0.427. The van der Waals surface area contributed by atoms with Gasteiger partial charge in [-0.05, 0) is 55.6 Å². The predicted octanol–water partition coefficient (Wildman–Crippen LogP) is 5.13. The maximum Gasteiger partial charge on any atom is 0.252 e. The van der Waals surface area contributed by atoms with E-state index in [0.717, 1.165) is 42.3 Å². The lowest BCUT2D eigenvalue weighted by atomic mass is 9.93. The van der Waals surface area contributed by atoms with Gasteiger partial charge in [-0.1, -0.05) is 48.0 Å². The van der Waals surface area contributed by atoms with Crippen molar-refractivity contribution in [2.45, 2.75) is 32.2 Å². The Kier molecular flexibility index (Phi) is 5.23. The number of aromatic nitrogens is 4. The van der Waals surface area contributed by atoms with E-state index in [0.29, 0.717) is 11.7 Å². The summed E-state index contributed by atoms with van der Waals surface area (Å²) in [4.78, 5) is 11.3. The first-order valence-electron chi connectivity index (χ1n) is 10.4. The number of nitrogens with zero attached hydrogens (tertiary/aromatic N) is 5. The van der Waals surface area contributed by atoms with Crippen LogP contribution in [0.1, 0.15) is 35.7 Å². The summed E-state index contributed by atoms with van der Waals surface area (Å²) in [5.74, 6) is 1.12. The Morgan fingerprint density at radius 1 is 1.10 bits per heavy atom. The molecular weight excluding hydrogens is 394 g/mol. The summed E-state index contributed by atoms with van der Waals surface area (Å²) in [5, 5.41) is 5.20. The van der Waals surface area contributed by atoms with E-state index in [2.05, 4.69) is 56.4 Å². The molecule has 30 heavy (non-hydrogen) atoms. The van der Waals surface area contributed by atoms with E-state index < -0.39 is 0 Å². The first kappa shape index (κ1) is 19.2. The van der Waals surface area contributed by atoms with E-state index in [1.165, 1.54) is 23.2 Å². The van der Waals surface area contributed by atoms with Crippen LogP contribution in [-0.2, 0) is 6.54 Å².